The van der Waals surface area contributed by atoms with E-state index < -0.39 is 15.9 Å². The van der Waals surface area contributed by atoms with Crippen molar-refractivity contribution in [3.05, 3.63) is 83.3 Å². The summed E-state index contributed by atoms with van der Waals surface area (Å²) in [6.45, 7) is 4.08. The first-order chi connectivity index (χ1) is 14.8. The summed E-state index contributed by atoms with van der Waals surface area (Å²) in [6.07, 6.45) is 6.84. The second-order valence-corrected chi connectivity index (χ2v) is 9.41. The highest BCUT2D eigenvalue weighted by atomic mass is 32.2. The summed E-state index contributed by atoms with van der Waals surface area (Å²) in [5.41, 5.74) is 3.34. The Balaban J connectivity index is 1.83. The van der Waals surface area contributed by atoms with E-state index in [2.05, 4.69) is 10.5 Å². The van der Waals surface area contributed by atoms with E-state index in [1.54, 1.807) is 50.5 Å². The van der Waals surface area contributed by atoms with Gasteiger partial charge in [0.25, 0.3) is 10.0 Å². The van der Waals surface area contributed by atoms with Crippen molar-refractivity contribution >= 4 is 10.0 Å². The molecule has 0 radical (unpaired) electrons. The zero-order chi connectivity index (χ0) is 22.2. The lowest BCUT2D eigenvalue weighted by Crippen LogP contribution is -2.18. The van der Waals surface area contributed by atoms with Gasteiger partial charge in [-0.3, -0.25) is 0 Å². The minimum atomic E-state index is -3.96. The van der Waals surface area contributed by atoms with Gasteiger partial charge in [-0.1, -0.05) is 29.4 Å². The molecule has 1 unspecified atom stereocenters. The van der Waals surface area contributed by atoms with E-state index in [0.29, 0.717) is 35.7 Å². The first-order valence-electron chi connectivity index (χ1n) is 9.99. The second-order valence-electron chi connectivity index (χ2n) is 7.60. The number of hydrogen-bond donors (Lipinski definition) is 1. The average molecular weight is 442 g/mol. The number of hydrogen-bond acceptors (Lipinski definition) is 5. The van der Waals surface area contributed by atoms with Crippen molar-refractivity contribution in [1.29, 1.82) is 0 Å². The average Bonchev–Trinajstić information content (AvgIpc) is 3.32. The molecule has 162 valence electrons. The molecule has 1 aromatic carbocycles. The molecular weight excluding hydrogens is 417 g/mol. The molecule has 0 bridgehead atoms. The summed E-state index contributed by atoms with van der Waals surface area (Å²) in [4.78, 5) is 0.119. The van der Waals surface area contributed by atoms with Gasteiger partial charge in [-0.25, -0.2) is 16.8 Å². The van der Waals surface area contributed by atoms with Gasteiger partial charge in [0.15, 0.2) is 0 Å². The van der Waals surface area contributed by atoms with Crippen LogP contribution in [-0.4, -0.2) is 24.6 Å². The van der Waals surface area contributed by atoms with Crippen LogP contribution in [-0.2, 0) is 16.6 Å². The van der Waals surface area contributed by atoms with Crippen molar-refractivity contribution in [2.45, 2.75) is 37.6 Å². The van der Waals surface area contributed by atoms with Crippen LogP contribution in [0.4, 0.5) is 4.39 Å². The van der Waals surface area contributed by atoms with E-state index in [4.69, 9.17) is 4.52 Å². The maximum Gasteiger partial charge on any atom is 0.267 e. The van der Waals surface area contributed by atoms with Gasteiger partial charge in [-0.2, -0.15) is 0 Å². The number of allylic oxidation sites excluding steroid dienone is 4. The van der Waals surface area contributed by atoms with Crippen LogP contribution in [0.3, 0.4) is 0 Å². The van der Waals surface area contributed by atoms with Crippen LogP contribution in [0.25, 0.3) is 11.1 Å². The lowest BCUT2D eigenvalue weighted by atomic mass is 9.96. The van der Waals surface area contributed by atoms with Crippen molar-refractivity contribution in [3.63, 3.8) is 0 Å². The third-order valence-electron chi connectivity index (χ3n) is 5.42. The maximum atomic E-state index is 14.6. The van der Waals surface area contributed by atoms with Gasteiger partial charge in [0.1, 0.15) is 11.6 Å². The molecule has 2 heterocycles. The summed E-state index contributed by atoms with van der Waals surface area (Å²) in [5.74, 6) is -0.375. The zero-order valence-corrected chi connectivity index (χ0v) is 18.4. The number of aryl methyl sites for hydroxylation is 2. The molecule has 4 rings (SSSR count). The fraction of sp³-hybridized carbons (Fsp3) is 0.261. The molecule has 6 nitrogen and oxygen atoms in total. The molecule has 0 fully saturated rings. The van der Waals surface area contributed by atoms with Gasteiger partial charge in [-0.15, -0.1) is 0 Å². The maximum absolute atomic E-state index is 14.6. The summed E-state index contributed by atoms with van der Waals surface area (Å²) in [6, 6.07) is 8.42. The lowest BCUT2D eigenvalue weighted by molar-refractivity contribution is 0.393. The fourth-order valence-corrected chi connectivity index (χ4v) is 5.45. The molecule has 3 aromatic rings. The molecular formula is C23H24FN3O3S. The summed E-state index contributed by atoms with van der Waals surface area (Å²) in [7, 11) is -2.18. The fourth-order valence-electron chi connectivity index (χ4n) is 3.97. The third kappa shape index (κ3) is 3.88. The highest BCUT2D eigenvalue weighted by molar-refractivity contribution is 7.90. The molecule has 0 spiro atoms. The summed E-state index contributed by atoms with van der Waals surface area (Å²) < 4.78 is 48.4. The summed E-state index contributed by atoms with van der Waals surface area (Å²) in [5, 5.41) is 6.98. The van der Waals surface area contributed by atoms with Crippen LogP contribution in [0.5, 0.6) is 0 Å². The lowest BCUT2D eigenvalue weighted by Gasteiger charge is -2.19. The Morgan fingerprint density at radius 1 is 1.29 bits per heavy atom. The van der Waals surface area contributed by atoms with E-state index in [-0.39, 0.29) is 10.7 Å². The molecule has 1 N–H and O–H groups in total. The Kier molecular flexibility index (Phi) is 5.68. The monoisotopic (exact) mass is 441 g/mol. The van der Waals surface area contributed by atoms with Crippen molar-refractivity contribution in [2.24, 2.45) is 0 Å². The minimum absolute atomic E-state index is 0.119. The number of halogens is 1. The van der Waals surface area contributed by atoms with E-state index in [1.807, 2.05) is 19.1 Å². The van der Waals surface area contributed by atoms with Gasteiger partial charge >= 0.3 is 0 Å². The minimum Gasteiger partial charge on any atom is -0.361 e. The predicted molar refractivity (Wildman–Crippen MR) is 117 cm³/mol. The molecule has 31 heavy (non-hydrogen) atoms. The van der Waals surface area contributed by atoms with Gasteiger partial charge in [0.2, 0.25) is 0 Å². The molecule has 0 saturated carbocycles. The first kappa shape index (κ1) is 21.3. The zero-order valence-electron chi connectivity index (χ0n) is 17.6. The number of rotatable bonds is 6. The Morgan fingerprint density at radius 3 is 2.77 bits per heavy atom. The van der Waals surface area contributed by atoms with Crippen LogP contribution in [0.2, 0.25) is 0 Å². The van der Waals surface area contributed by atoms with E-state index >= 15 is 0 Å². The van der Waals surface area contributed by atoms with Gasteiger partial charge in [-0.05, 0) is 62.7 Å². The Hall–Kier alpha value is -2.97. The first-order valence-corrected chi connectivity index (χ1v) is 11.4. The van der Waals surface area contributed by atoms with Gasteiger partial charge in [0, 0.05) is 24.0 Å². The normalized spacial score (nSPS) is 16.5. The van der Waals surface area contributed by atoms with E-state index in [0.717, 1.165) is 11.1 Å². The van der Waals surface area contributed by atoms with E-state index in [1.165, 1.54) is 10.0 Å². The standard InChI is InChI=1S/C23H24FN3O3S/c1-15-23(16(2)30-26-15)18-7-6-8-19(12-18)31(28,29)27-14-17(13-25-3)11-22(27)20-9-4-5-10-21(20)24/h4-8,10-12,14,20,25H,9,13H2,1-3H3. The number of nitrogens with one attached hydrogen (secondary N) is 1. The van der Waals surface area contributed by atoms with Crippen molar-refractivity contribution in [3.8, 4) is 11.1 Å². The molecule has 1 aliphatic rings. The van der Waals surface area contributed by atoms with Crippen LogP contribution in [0.15, 0.2) is 70.0 Å². The number of nitrogens with zero attached hydrogens (tertiary/aromatic N) is 2. The molecule has 2 aromatic heterocycles. The van der Waals surface area contributed by atoms with Crippen molar-refractivity contribution < 1.29 is 17.3 Å². The quantitative estimate of drug-likeness (QED) is 0.604. The highest BCUT2D eigenvalue weighted by Crippen LogP contribution is 2.36. The van der Waals surface area contributed by atoms with Crippen molar-refractivity contribution in [2.75, 3.05) is 7.05 Å². The Labute approximate surface area is 181 Å². The van der Waals surface area contributed by atoms with E-state index in [9.17, 15) is 12.8 Å². The molecule has 8 heteroatoms. The molecule has 0 amide bonds. The molecule has 0 saturated heterocycles. The second kappa shape index (κ2) is 8.28. The third-order valence-corrected chi connectivity index (χ3v) is 7.10. The summed E-state index contributed by atoms with van der Waals surface area (Å²) >= 11 is 0. The van der Waals surface area contributed by atoms with Crippen molar-refractivity contribution in [1.82, 2.24) is 14.4 Å². The Bertz CT molecular complexity index is 1270. The topological polar surface area (TPSA) is 77.1 Å². The highest BCUT2D eigenvalue weighted by Gasteiger charge is 2.28. The Morgan fingerprint density at radius 2 is 2.10 bits per heavy atom. The van der Waals surface area contributed by atoms with Crippen LogP contribution >= 0.6 is 0 Å². The number of aromatic nitrogens is 2. The molecule has 0 aliphatic heterocycles. The van der Waals surface area contributed by atoms with Gasteiger partial charge < -0.3 is 9.84 Å². The van der Waals surface area contributed by atoms with Crippen LogP contribution in [0.1, 0.15) is 35.1 Å². The SMILES string of the molecule is CNCc1cc(C2CC=CC=C2F)n(S(=O)(=O)c2cccc(-c3c(C)noc3C)c2)c1. The largest absolute Gasteiger partial charge is 0.361 e. The number of benzene rings is 1. The van der Waals surface area contributed by atoms with Gasteiger partial charge in [0.05, 0.1) is 16.5 Å². The predicted octanol–water partition coefficient (Wildman–Crippen LogP) is 4.61. The van der Waals surface area contributed by atoms with Crippen LogP contribution < -0.4 is 5.32 Å². The molecule has 1 aliphatic carbocycles. The van der Waals surface area contributed by atoms with Crippen LogP contribution in [0, 0.1) is 13.8 Å². The smallest absolute Gasteiger partial charge is 0.267 e. The molecule has 1 atom stereocenters.